The number of aromatic amines is 1. The quantitative estimate of drug-likeness (QED) is 0.560. The Bertz CT molecular complexity index is 287. The molecule has 0 atom stereocenters. The Labute approximate surface area is 100 Å². The van der Waals surface area contributed by atoms with Crippen LogP contribution in [0.2, 0.25) is 0 Å². The molecule has 0 amide bonds. The average Bonchev–Trinajstić information content (AvgIpc) is 2.65. The molecule has 0 spiro atoms. The molecule has 0 saturated carbocycles. The highest BCUT2D eigenvalue weighted by atomic mass is 32.2. The standard InChI is InChI=1S/C10H19N3O2S/c1-4-14-9(15-5-2)6-7-16-10-11-8(3)12-13-10/h9H,4-7H2,1-3H3,(H,11,12,13). The van der Waals surface area contributed by atoms with Gasteiger partial charge in [-0.2, -0.15) is 0 Å². The van der Waals surface area contributed by atoms with Gasteiger partial charge in [-0.05, 0) is 20.8 Å². The van der Waals surface area contributed by atoms with Crippen molar-refractivity contribution in [2.24, 2.45) is 0 Å². The smallest absolute Gasteiger partial charge is 0.208 e. The summed E-state index contributed by atoms with van der Waals surface area (Å²) in [5, 5.41) is 7.64. The van der Waals surface area contributed by atoms with Gasteiger partial charge in [0.2, 0.25) is 5.16 Å². The van der Waals surface area contributed by atoms with Crippen LogP contribution in [-0.4, -0.2) is 40.4 Å². The van der Waals surface area contributed by atoms with E-state index < -0.39 is 0 Å². The summed E-state index contributed by atoms with van der Waals surface area (Å²) >= 11 is 1.61. The van der Waals surface area contributed by atoms with Crippen molar-refractivity contribution in [3.05, 3.63) is 5.82 Å². The van der Waals surface area contributed by atoms with E-state index in [9.17, 15) is 0 Å². The molecule has 0 aromatic carbocycles. The van der Waals surface area contributed by atoms with Crippen molar-refractivity contribution < 1.29 is 9.47 Å². The molecule has 1 rings (SSSR count). The third kappa shape index (κ3) is 4.96. The van der Waals surface area contributed by atoms with E-state index in [2.05, 4.69) is 15.2 Å². The molecule has 0 unspecified atom stereocenters. The molecule has 16 heavy (non-hydrogen) atoms. The Morgan fingerprint density at radius 2 is 2.00 bits per heavy atom. The van der Waals surface area contributed by atoms with E-state index >= 15 is 0 Å². The van der Waals surface area contributed by atoms with Crippen molar-refractivity contribution in [3.63, 3.8) is 0 Å². The third-order valence-corrected chi connectivity index (χ3v) is 2.75. The zero-order valence-electron chi connectivity index (χ0n) is 10.0. The maximum Gasteiger partial charge on any atom is 0.208 e. The zero-order chi connectivity index (χ0) is 11.8. The normalized spacial score (nSPS) is 11.2. The fourth-order valence-corrected chi connectivity index (χ4v) is 2.02. The van der Waals surface area contributed by atoms with Crippen LogP contribution in [0.3, 0.4) is 0 Å². The number of hydrogen-bond acceptors (Lipinski definition) is 5. The molecule has 1 aromatic rings. The predicted molar refractivity (Wildman–Crippen MR) is 63.5 cm³/mol. The van der Waals surface area contributed by atoms with E-state index in [0.29, 0.717) is 13.2 Å². The number of H-pyrrole nitrogens is 1. The summed E-state index contributed by atoms with van der Waals surface area (Å²) in [5.74, 6) is 1.73. The summed E-state index contributed by atoms with van der Waals surface area (Å²) in [6.45, 7) is 7.18. The van der Waals surface area contributed by atoms with Gasteiger partial charge >= 0.3 is 0 Å². The first-order valence-corrected chi connectivity index (χ1v) is 6.49. The Morgan fingerprint density at radius 3 is 2.50 bits per heavy atom. The molecule has 1 N–H and O–H groups in total. The molecule has 0 aliphatic carbocycles. The molecular weight excluding hydrogens is 226 g/mol. The van der Waals surface area contributed by atoms with Crippen molar-refractivity contribution in [1.29, 1.82) is 0 Å². The van der Waals surface area contributed by atoms with Crippen molar-refractivity contribution in [2.75, 3.05) is 19.0 Å². The Balaban J connectivity index is 2.21. The highest BCUT2D eigenvalue weighted by Gasteiger charge is 2.08. The second-order valence-electron chi connectivity index (χ2n) is 3.18. The third-order valence-electron chi connectivity index (χ3n) is 1.87. The molecule has 0 fully saturated rings. The molecular formula is C10H19N3O2S. The van der Waals surface area contributed by atoms with E-state index in [0.717, 1.165) is 23.2 Å². The van der Waals surface area contributed by atoms with E-state index in [1.54, 1.807) is 11.8 Å². The van der Waals surface area contributed by atoms with Crippen LogP contribution in [0.4, 0.5) is 0 Å². The second-order valence-corrected chi connectivity index (χ2v) is 4.24. The van der Waals surface area contributed by atoms with Gasteiger partial charge in [0.25, 0.3) is 0 Å². The van der Waals surface area contributed by atoms with Gasteiger partial charge in [0.05, 0.1) is 0 Å². The molecule has 0 bridgehead atoms. The zero-order valence-corrected chi connectivity index (χ0v) is 10.8. The molecule has 0 aliphatic heterocycles. The predicted octanol–water partition coefficient (Wildman–Crippen LogP) is 1.99. The fourth-order valence-electron chi connectivity index (χ4n) is 1.22. The summed E-state index contributed by atoms with van der Waals surface area (Å²) in [4.78, 5) is 4.21. The van der Waals surface area contributed by atoms with Crippen molar-refractivity contribution >= 4 is 11.8 Å². The Hall–Kier alpha value is -0.590. The lowest BCUT2D eigenvalue weighted by Crippen LogP contribution is -2.18. The minimum atomic E-state index is -0.109. The van der Waals surface area contributed by atoms with E-state index in [-0.39, 0.29) is 6.29 Å². The highest BCUT2D eigenvalue weighted by molar-refractivity contribution is 7.99. The topological polar surface area (TPSA) is 60.0 Å². The van der Waals surface area contributed by atoms with Gasteiger partial charge < -0.3 is 9.47 Å². The molecule has 1 heterocycles. The second kappa shape index (κ2) is 7.65. The van der Waals surface area contributed by atoms with Gasteiger partial charge in [-0.25, -0.2) is 4.98 Å². The number of nitrogens with zero attached hydrogens (tertiary/aromatic N) is 2. The van der Waals surface area contributed by atoms with Crippen LogP contribution in [0.25, 0.3) is 0 Å². The molecule has 5 nitrogen and oxygen atoms in total. The number of aromatic nitrogens is 3. The van der Waals surface area contributed by atoms with Crippen LogP contribution in [0.1, 0.15) is 26.1 Å². The van der Waals surface area contributed by atoms with Crippen molar-refractivity contribution in [2.45, 2.75) is 38.6 Å². The van der Waals surface area contributed by atoms with Crippen LogP contribution in [0.5, 0.6) is 0 Å². The largest absolute Gasteiger partial charge is 0.353 e. The van der Waals surface area contributed by atoms with Crippen LogP contribution in [0.15, 0.2) is 5.16 Å². The van der Waals surface area contributed by atoms with Gasteiger partial charge in [-0.3, -0.25) is 5.10 Å². The lowest BCUT2D eigenvalue weighted by atomic mass is 10.5. The maximum atomic E-state index is 5.44. The minimum absolute atomic E-state index is 0.109. The van der Waals surface area contributed by atoms with Crippen LogP contribution in [0, 0.1) is 6.92 Å². The number of nitrogens with one attached hydrogen (secondary N) is 1. The number of hydrogen-bond donors (Lipinski definition) is 1. The fraction of sp³-hybridized carbons (Fsp3) is 0.800. The number of thioether (sulfide) groups is 1. The van der Waals surface area contributed by atoms with E-state index in [1.807, 2.05) is 20.8 Å². The minimum Gasteiger partial charge on any atom is -0.353 e. The summed E-state index contributed by atoms with van der Waals surface area (Å²) in [6, 6.07) is 0. The first kappa shape index (κ1) is 13.5. The first-order valence-electron chi connectivity index (χ1n) is 5.51. The number of aryl methyl sites for hydroxylation is 1. The molecule has 6 heteroatoms. The van der Waals surface area contributed by atoms with Crippen molar-refractivity contribution in [3.8, 4) is 0 Å². The summed E-state index contributed by atoms with van der Waals surface area (Å²) in [6.07, 6.45) is 0.738. The monoisotopic (exact) mass is 245 g/mol. The average molecular weight is 245 g/mol. The molecule has 1 aromatic heterocycles. The maximum absolute atomic E-state index is 5.44. The lowest BCUT2D eigenvalue weighted by Gasteiger charge is -2.15. The van der Waals surface area contributed by atoms with Crippen LogP contribution in [-0.2, 0) is 9.47 Å². The van der Waals surface area contributed by atoms with E-state index in [1.165, 1.54) is 0 Å². The van der Waals surface area contributed by atoms with Gasteiger partial charge in [-0.15, -0.1) is 5.10 Å². The van der Waals surface area contributed by atoms with Crippen LogP contribution < -0.4 is 0 Å². The highest BCUT2D eigenvalue weighted by Crippen LogP contribution is 2.15. The van der Waals surface area contributed by atoms with Gasteiger partial charge in [0.15, 0.2) is 6.29 Å². The van der Waals surface area contributed by atoms with E-state index in [4.69, 9.17) is 9.47 Å². The van der Waals surface area contributed by atoms with Gasteiger partial charge in [0, 0.05) is 25.4 Å². The van der Waals surface area contributed by atoms with Gasteiger partial charge in [-0.1, -0.05) is 11.8 Å². The molecule has 0 radical (unpaired) electrons. The molecule has 92 valence electrons. The van der Waals surface area contributed by atoms with Gasteiger partial charge in [0.1, 0.15) is 5.82 Å². The Morgan fingerprint density at radius 1 is 1.31 bits per heavy atom. The number of rotatable bonds is 8. The first-order chi connectivity index (χ1) is 7.76. The lowest BCUT2D eigenvalue weighted by molar-refractivity contribution is -0.136. The molecule has 0 aliphatic rings. The summed E-state index contributed by atoms with van der Waals surface area (Å²) in [7, 11) is 0. The molecule has 0 saturated heterocycles. The number of ether oxygens (including phenoxy) is 2. The summed E-state index contributed by atoms with van der Waals surface area (Å²) < 4.78 is 10.9. The SMILES string of the molecule is CCOC(CCSc1n[nH]c(C)n1)OCC. The summed E-state index contributed by atoms with van der Waals surface area (Å²) in [5.41, 5.74) is 0. The van der Waals surface area contributed by atoms with Crippen LogP contribution >= 0.6 is 11.8 Å². The van der Waals surface area contributed by atoms with Crippen molar-refractivity contribution in [1.82, 2.24) is 15.2 Å². The Kier molecular flexibility index (Phi) is 6.44.